The fourth-order valence-electron chi connectivity index (χ4n) is 1.81. The summed E-state index contributed by atoms with van der Waals surface area (Å²) in [4.78, 5) is 19.5. The van der Waals surface area contributed by atoms with Crippen LogP contribution in [-0.4, -0.2) is 22.8 Å². The van der Waals surface area contributed by atoms with Crippen LogP contribution in [0.4, 0.5) is 0 Å². The van der Waals surface area contributed by atoms with Crippen LogP contribution in [0.3, 0.4) is 0 Å². The largest absolute Gasteiger partial charge is 0.378 e. The number of thioether (sulfide) groups is 1. The maximum absolute atomic E-state index is 12.1. The standard InChI is InChI=1S/C14H20N2O2S/c1-9(2)6-11-12(7-18-3)15-14(16-13(11)17)19-8-10-4-5-10/h10H,1,4-8H2,2-3H3,(H,15,16,17). The average Bonchev–Trinajstić information content (AvgIpc) is 3.15. The van der Waals surface area contributed by atoms with E-state index in [0.29, 0.717) is 23.7 Å². The minimum atomic E-state index is -0.0663. The number of nitrogens with zero attached hydrogens (tertiary/aromatic N) is 1. The number of aromatic nitrogens is 2. The van der Waals surface area contributed by atoms with Crippen LogP contribution >= 0.6 is 11.8 Å². The van der Waals surface area contributed by atoms with E-state index < -0.39 is 0 Å². The van der Waals surface area contributed by atoms with Gasteiger partial charge in [0, 0.05) is 24.8 Å². The lowest BCUT2D eigenvalue weighted by Crippen LogP contribution is -2.19. The fourth-order valence-corrected chi connectivity index (χ4v) is 2.88. The quantitative estimate of drug-likeness (QED) is 0.474. The third kappa shape index (κ3) is 4.21. The van der Waals surface area contributed by atoms with Crippen LogP contribution in [0.1, 0.15) is 31.0 Å². The Labute approximate surface area is 117 Å². The lowest BCUT2D eigenvalue weighted by Gasteiger charge is -2.09. The van der Waals surface area contributed by atoms with Crippen LogP contribution in [0.15, 0.2) is 22.1 Å². The molecule has 0 unspecified atom stereocenters. The van der Waals surface area contributed by atoms with Gasteiger partial charge in [-0.3, -0.25) is 4.79 Å². The van der Waals surface area contributed by atoms with Crippen molar-refractivity contribution in [2.24, 2.45) is 5.92 Å². The van der Waals surface area contributed by atoms with Crippen molar-refractivity contribution in [3.8, 4) is 0 Å². The zero-order chi connectivity index (χ0) is 13.8. The highest BCUT2D eigenvalue weighted by atomic mass is 32.2. The average molecular weight is 280 g/mol. The van der Waals surface area contributed by atoms with Gasteiger partial charge in [0.1, 0.15) is 0 Å². The molecular weight excluding hydrogens is 260 g/mol. The summed E-state index contributed by atoms with van der Waals surface area (Å²) in [6.07, 6.45) is 3.15. The van der Waals surface area contributed by atoms with Gasteiger partial charge in [-0.1, -0.05) is 23.9 Å². The predicted octanol–water partition coefficient (Wildman–Crippen LogP) is 2.54. The number of aromatic amines is 1. The molecule has 1 aromatic heterocycles. The highest BCUT2D eigenvalue weighted by Crippen LogP contribution is 2.33. The van der Waals surface area contributed by atoms with Gasteiger partial charge in [-0.25, -0.2) is 4.98 Å². The zero-order valence-electron chi connectivity index (χ0n) is 11.5. The van der Waals surface area contributed by atoms with Gasteiger partial charge in [-0.05, 0) is 25.7 Å². The summed E-state index contributed by atoms with van der Waals surface area (Å²) in [5.74, 6) is 1.84. The SMILES string of the molecule is C=C(C)Cc1c(COC)nc(SCC2CC2)[nH]c1=O. The normalized spacial score (nSPS) is 14.6. The molecule has 1 fully saturated rings. The number of hydrogen-bond donors (Lipinski definition) is 1. The second-order valence-electron chi connectivity index (χ2n) is 5.12. The summed E-state index contributed by atoms with van der Waals surface area (Å²) in [5.41, 5.74) is 2.28. The van der Waals surface area contributed by atoms with Gasteiger partial charge in [-0.15, -0.1) is 0 Å². The highest BCUT2D eigenvalue weighted by molar-refractivity contribution is 7.99. The number of H-pyrrole nitrogens is 1. The second-order valence-corrected chi connectivity index (χ2v) is 6.13. The molecule has 1 saturated carbocycles. The van der Waals surface area contributed by atoms with Gasteiger partial charge in [0.2, 0.25) is 0 Å². The lowest BCUT2D eigenvalue weighted by atomic mass is 10.1. The van der Waals surface area contributed by atoms with Crippen molar-refractivity contribution in [2.45, 2.75) is 37.9 Å². The first-order valence-electron chi connectivity index (χ1n) is 6.48. The molecule has 0 spiro atoms. The summed E-state index contributed by atoms with van der Waals surface area (Å²) in [5, 5.41) is 0.703. The number of nitrogens with one attached hydrogen (secondary N) is 1. The van der Waals surface area contributed by atoms with E-state index in [-0.39, 0.29) is 5.56 Å². The Balaban J connectivity index is 2.21. The molecule has 4 nitrogen and oxygen atoms in total. The number of allylic oxidation sites excluding steroid dienone is 1. The molecule has 1 N–H and O–H groups in total. The van der Waals surface area contributed by atoms with Crippen LogP contribution in [0, 0.1) is 5.92 Å². The molecule has 0 radical (unpaired) electrons. The second kappa shape index (κ2) is 6.39. The number of methoxy groups -OCH3 is 1. The monoisotopic (exact) mass is 280 g/mol. The molecule has 5 heteroatoms. The lowest BCUT2D eigenvalue weighted by molar-refractivity contribution is 0.180. The Bertz CT molecular complexity index is 521. The summed E-state index contributed by atoms with van der Waals surface area (Å²) in [6.45, 7) is 6.13. The summed E-state index contributed by atoms with van der Waals surface area (Å²) in [7, 11) is 1.62. The van der Waals surface area contributed by atoms with Crippen LogP contribution < -0.4 is 5.56 Å². The highest BCUT2D eigenvalue weighted by Gasteiger charge is 2.22. The van der Waals surface area contributed by atoms with Crippen molar-refractivity contribution in [3.05, 3.63) is 33.8 Å². The molecule has 0 bridgehead atoms. The molecule has 0 amide bonds. The third-order valence-electron chi connectivity index (χ3n) is 2.99. The zero-order valence-corrected chi connectivity index (χ0v) is 12.3. The molecule has 1 aromatic rings. The maximum Gasteiger partial charge on any atom is 0.255 e. The van der Waals surface area contributed by atoms with Crippen molar-refractivity contribution < 1.29 is 4.74 Å². The molecule has 104 valence electrons. The molecule has 0 saturated heterocycles. The molecule has 19 heavy (non-hydrogen) atoms. The number of ether oxygens (including phenoxy) is 1. The van der Waals surface area contributed by atoms with E-state index in [2.05, 4.69) is 16.5 Å². The van der Waals surface area contributed by atoms with Crippen LogP contribution in [0.5, 0.6) is 0 Å². The van der Waals surface area contributed by atoms with E-state index in [0.717, 1.165) is 22.9 Å². The van der Waals surface area contributed by atoms with Crippen LogP contribution in [0.2, 0.25) is 0 Å². The van der Waals surface area contributed by atoms with Crippen molar-refractivity contribution in [1.82, 2.24) is 9.97 Å². The van der Waals surface area contributed by atoms with Crippen LogP contribution in [0.25, 0.3) is 0 Å². The van der Waals surface area contributed by atoms with Crippen LogP contribution in [-0.2, 0) is 17.8 Å². The van der Waals surface area contributed by atoms with E-state index in [1.807, 2.05) is 6.92 Å². The van der Waals surface area contributed by atoms with E-state index in [9.17, 15) is 4.79 Å². The minimum Gasteiger partial charge on any atom is -0.378 e. The van der Waals surface area contributed by atoms with Gasteiger partial charge in [-0.2, -0.15) is 0 Å². The number of rotatable bonds is 7. The number of hydrogen-bond acceptors (Lipinski definition) is 4. The summed E-state index contributed by atoms with van der Waals surface area (Å²) in [6, 6.07) is 0. The minimum absolute atomic E-state index is 0.0663. The Morgan fingerprint density at radius 2 is 2.32 bits per heavy atom. The van der Waals surface area contributed by atoms with E-state index in [4.69, 9.17) is 4.74 Å². The Morgan fingerprint density at radius 1 is 1.58 bits per heavy atom. The van der Waals surface area contributed by atoms with Crippen molar-refractivity contribution in [3.63, 3.8) is 0 Å². The third-order valence-corrected chi connectivity index (χ3v) is 4.10. The molecular formula is C14H20N2O2S. The smallest absolute Gasteiger partial charge is 0.255 e. The Hall–Kier alpha value is -1.07. The van der Waals surface area contributed by atoms with Gasteiger partial charge >= 0.3 is 0 Å². The van der Waals surface area contributed by atoms with Gasteiger partial charge in [0.05, 0.1) is 12.3 Å². The van der Waals surface area contributed by atoms with Crippen molar-refractivity contribution in [2.75, 3.05) is 12.9 Å². The fraction of sp³-hybridized carbons (Fsp3) is 0.571. The molecule has 2 rings (SSSR count). The van der Waals surface area contributed by atoms with Gasteiger partial charge in [0.15, 0.2) is 5.16 Å². The van der Waals surface area contributed by atoms with E-state index in [1.165, 1.54) is 12.8 Å². The molecule has 0 atom stereocenters. The molecule has 1 aliphatic rings. The van der Waals surface area contributed by atoms with Crippen molar-refractivity contribution in [1.29, 1.82) is 0 Å². The van der Waals surface area contributed by atoms with E-state index in [1.54, 1.807) is 18.9 Å². The first-order valence-corrected chi connectivity index (χ1v) is 7.47. The topological polar surface area (TPSA) is 55.0 Å². The maximum atomic E-state index is 12.1. The first kappa shape index (κ1) is 14.3. The van der Waals surface area contributed by atoms with Crippen molar-refractivity contribution >= 4 is 11.8 Å². The molecule has 1 heterocycles. The Morgan fingerprint density at radius 3 is 2.89 bits per heavy atom. The molecule has 1 aliphatic carbocycles. The Kier molecular flexibility index (Phi) is 4.82. The predicted molar refractivity (Wildman–Crippen MR) is 77.5 cm³/mol. The summed E-state index contributed by atoms with van der Waals surface area (Å²) < 4.78 is 5.14. The summed E-state index contributed by atoms with van der Waals surface area (Å²) >= 11 is 1.63. The van der Waals surface area contributed by atoms with Gasteiger partial charge < -0.3 is 9.72 Å². The molecule has 0 aliphatic heterocycles. The first-order chi connectivity index (χ1) is 9.10. The van der Waals surface area contributed by atoms with E-state index >= 15 is 0 Å². The molecule has 0 aromatic carbocycles. The van der Waals surface area contributed by atoms with Gasteiger partial charge in [0.25, 0.3) is 5.56 Å².